The summed E-state index contributed by atoms with van der Waals surface area (Å²) in [6.07, 6.45) is -2.91. The van der Waals surface area contributed by atoms with E-state index in [1.807, 2.05) is 0 Å². The lowest BCUT2D eigenvalue weighted by Gasteiger charge is -2.14. The second-order valence-corrected chi connectivity index (χ2v) is 4.89. The van der Waals surface area contributed by atoms with Crippen molar-refractivity contribution in [3.05, 3.63) is 46.1 Å². The maximum Gasteiger partial charge on any atom is 0.416 e. The minimum Gasteiger partial charge on any atom is -0.472 e. The van der Waals surface area contributed by atoms with Crippen molar-refractivity contribution >= 4 is 28.7 Å². The number of nitrogens with zero attached hydrogens (tertiary/aromatic N) is 2. The minimum atomic E-state index is -4.43. The molecular formula is C11H8BrF3N2OS. The highest BCUT2D eigenvalue weighted by Crippen LogP contribution is 2.35. The van der Waals surface area contributed by atoms with E-state index in [9.17, 15) is 13.2 Å². The monoisotopic (exact) mass is 352 g/mol. The summed E-state index contributed by atoms with van der Waals surface area (Å²) in [4.78, 5) is 0. The molecule has 0 unspecified atom stereocenters. The lowest BCUT2D eigenvalue weighted by atomic mass is 10.1. The Labute approximate surface area is 121 Å². The van der Waals surface area contributed by atoms with Crippen molar-refractivity contribution < 1.29 is 17.9 Å². The van der Waals surface area contributed by atoms with Gasteiger partial charge in [0.15, 0.2) is 0 Å². The van der Waals surface area contributed by atoms with Gasteiger partial charge in [0.05, 0.1) is 5.56 Å². The van der Waals surface area contributed by atoms with E-state index in [0.717, 1.165) is 6.07 Å². The maximum absolute atomic E-state index is 12.8. The third-order valence-corrected chi connectivity index (χ3v) is 3.31. The summed E-state index contributed by atoms with van der Waals surface area (Å²) in [6.45, 7) is -0.235. The van der Waals surface area contributed by atoms with Crippen molar-refractivity contribution in [3.63, 3.8) is 0 Å². The average Bonchev–Trinajstić information content (AvgIpc) is 2.72. The zero-order chi connectivity index (χ0) is 14.0. The molecule has 1 aromatic heterocycles. The Balaban J connectivity index is 2.24. The van der Waals surface area contributed by atoms with Gasteiger partial charge in [-0.1, -0.05) is 22.0 Å². The van der Waals surface area contributed by atoms with E-state index in [2.05, 4.69) is 33.8 Å². The molecule has 2 rings (SSSR count). The van der Waals surface area contributed by atoms with Gasteiger partial charge in [-0.25, -0.2) is 4.09 Å². The van der Waals surface area contributed by atoms with Gasteiger partial charge in [-0.05, 0) is 24.9 Å². The molecule has 0 spiro atoms. The van der Waals surface area contributed by atoms with Crippen LogP contribution < -0.4 is 4.74 Å². The molecule has 102 valence electrons. The summed E-state index contributed by atoms with van der Waals surface area (Å²) >= 11 is 7.01. The van der Waals surface area contributed by atoms with E-state index in [1.54, 1.807) is 0 Å². The van der Waals surface area contributed by atoms with Crippen LogP contribution in [-0.2, 0) is 12.8 Å². The van der Waals surface area contributed by atoms with Crippen LogP contribution in [0.15, 0.2) is 34.9 Å². The lowest BCUT2D eigenvalue weighted by Crippen LogP contribution is -2.11. The third-order valence-electron chi connectivity index (χ3n) is 2.34. The van der Waals surface area contributed by atoms with Gasteiger partial charge in [0, 0.05) is 22.3 Å². The Hall–Kier alpha value is -1.15. The summed E-state index contributed by atoms with van der Waals surface area (Å²) in [5.74, 6) is 0.207. The molecule has 0 saturated heterocycles. The Kier molecular flexibility index (Phi) is 4.10. The quantitative estimate of drug-likeness (QED) is 0.847. The van der Waals surface area contributed by atoms with Gasteiger partial charge < -0.3 is 4.74 Å². The van der Waals surface area contributed by atoms with Crippen LogP contribution in [0.5, 0.6) is 5.88 Å². The number of halogens is 4. The summed E-state index contributed by atoms with van der Waals surface area (Å²) in [5, 5.41) is 3.81. The summed E-state index contributed by atoms with van der Waals surface area (Å²) in [6, 6.07) is 5.39. The predicted molar refractivity (Wildman–Crippen MR) is 70.1 cm³/mol. The number of hydrogen-bond donors (Lipinski definition) is 1. The van der Waals surface area contributed by atoms with Crippen molar-refractivity contribution in [2.24, 2.45) is 0 Å². The standard InChI is InChI=1S/C11H8BrF3N2OS/c12-9-3-1-2-8(11(13,14)15)7(9)6-18-10-4-5-17(19)16-10/h1-5,19H,6H2. The molecule has 0 fully saturated rings. The first-order chi connectivity index (χ1) is 8.88. The highest BCUT2D eigenvalue weighted by Gasteiger charge is 2.34. The second kappa shape index (κ2) is 5.46. The Morgan fingerprint density at radius 2 is 2.05 bits per heavy atom. The topological polar surface area (TPSA) is 27.1 Å². The summed E-state index contributed by atoms with van der Waals surface area (Å²) in [5.41, 5.74) is -0.698. The summed E-state index contributed by atoms with van der Waals surface area (Å²) in [7, 11) is 0. The fourth-order valence-corrected chi connectivity index (χ4v) is 2.13. The Bertz CT molecular complexity index is 586. The molecule has 0 bridgehead atoms. The molecule has 8 heteroatoms. The van der Waals surface area contributed by atoms with Gasteiger partial charge in [-0.2, -0.15) is 13.2 Å². The van der Waals surface area contributed by atoms with Crippen LogP contribution in [0, 0.1) is 0 Å². The summed E-state index contributed by atoms with van der Waals surface area (Å²) < 4.78 is 45.3. The van der Waals surface area contributed by atoms with Gasteiger partial charge in [0.25, 0.3) is 0 Å². The molecule has 2 aromatic rings. The first-order valence-corrected chi connectivity index (χ1v) is 6.29. The highest BCUT2D eigenvalue weighted by molar-refractivity contribution is 9.10. The largest absolute Gasteiger partial charge is 0.472 e. The van der Waals surface area contributed by atoms with Crippen LogP contribution in [0.25, 0.3) is 0 Å². The smallest absolute Gasteiger partial charge is 0.416 e. The van der Waals surface area contributed by atoms with E-state index in [1.165, 1.54) is 28.5 Å². The van der Waals surface area contributed by atoms with E-state index < -0.39 is 11.7 Å². The van der Waals surface area contributed by atoms with Gasteiger partial charge in [0.1, 0.15) is 6.61 Å². The zero-order valence-electron chi connectivity index (χ0n) is 9.36. The third kappa shape index (κ3) is 3.44. The number of aromatic nitrogens is 2. The molecule has 0 atom stereocenters. The van der Waals surface area contributed by atoms with Crippen molar-refractivity contribution in [2.75, 3.05) is 0 Å². The predicted octanol–water partition coefficient (Wildman–Crippen LogP) is 3.94. The molecule has 0 N–H and O–H groups in total. The molecule has 0 radical (unpaired) electrons. The number of ether oxygens (including phenoxy) is 1. The van der Waals surface area contributed by atoms with Gasteiger partial charge >= 0.3 is 6.18 Å². The minimum absolute atomic E-state index is 0.0312. The van der Waals surface area contributed by atoms with Gasteiger partial charge in [-0.15, -0.1) is 5.10 Å². The van der Waals surface area contributed by atoms with E-state index in [-0.39, 0.29) is 18.1 Å². The molecule has 0 saturated carbocycles. The molecule has 0 aliphatic carbocycles. The number of alkyl halides is 3. The normalized spacial score (nSPS) is 11.6. The first kappa shape index (κ1) is 14.3. The average molecular weight is 353 g/mol. The Morgan fingerprint density at radius 3 is 2.63 bits per heavy atom. The number of thiol groups is 1. The lowest BCUT2D eigenvalue weighted by molar-refractivity contribution is -0.138. The molecule has 1 heterocycles. The molecule has 0 amide bonds. The van der Waals surface area contributed by atoms with E-state index in [4.69, 9.17) is 4.74 Å². The van der Waals surface area contributed by atoms with Crippen molar-refractivity contribution in [1.82, 2.24) is 9.19 Å². The number of hydrogen-bond acceptors (Lipinski definition) is 3. The fourth-order valence-electron chi connectivity index (χ4n) is 1.49. The van der Waals surface area contributed by atoms with Crippen molar-refractivity contribution in [1.29, 1.82) is 0 Å². The van der Waals surface area contributed by atoms with E-state index >= 15 is 0 Å². The van der Waals surface area contributed by atoms with Crippen LogP contribution in [0.1, 0.15) is 11.1 Å². The van der Waals surface area contributed by atoms with Crippen molar-refractivity contribution in [2.45, 2.75) is 12.8 Å². The van der Waals surface area contributed by atoms with Crippen molar-refractivity contribution in [3.8, 4) is 5.88 Å². The molecule has 1 aromatic carbocycles. The molecule has 3 nitrogen and oxygen atoms in total. The number of benzene rings is 1. The van der Waals surface area contributed by atoms with Crippen LogP contribution in [-0.4, -0.2) is 9.19 Å². The van der Waals surface area contributed by atoms with Crippen LogP contribution in [0.3, 0.4) is 0 Å². The molecule has 0 aliphatic heterocycles. The molecule has 19 heavy (non-hydrogen) atoms. The molecule has 0 aliphatic rings. The van der Waals surface area contributed by atoms with Crippen LogP contribution >= 0.6 is 28.7 Å². The fraction of sp³-hybridized carbons (Fsp3) is 0.182. The number of rotatable bonds is 3. The SMILES string of the molecule is FC(F)(F)c1cccc(Br)c1COc1ccn(S)n1. The van der Waals surface area contributed by atoms with E-state index in [0.29, 0.717) is 4.47 Å². The highest BCUT2D eigenvalue weighted by atomic mass is 79.9. The first-order valence-electron chi connectivity index (χ1n) is 5.10. The van der Waals surface area contributed by atoms with Gasteiger partial charge in [0.2, 0.25) is 5.88 Å². The van der Waals surface area contributed by atoms with Gasteiger partial charge in [-0.3, -0.25) is 0 Å². The Morgan fingerprint density at radius 1 is 1.32 bits per heavy atom. The second-order valence-electron chi connectivity index (χ2n) is 3.63. The maximum atomic E-state index is 12.8. The van der Waals surface area contributed by atoms with Crippen LogP contribution in [0.4, 0.5) is 13.2 Å². The molecular weight excluding hydrogens is 345 g/mol. The zero-order valence-corrected chi connectivity index (χ0v) is 11.8. The van der Waals surface area contributed by atoms with Crippen LogP contribution in [0.2, 0.25) is 0 Å².